The quantitative estimate of drug-likeness (QED) is 0.239. The van der Waals surface area contributed by atoms with E-state index in [9.17, 15) is 22.8 Å². The van der Waals surface area contributed by atoms with Crippen LogP contribution >= 0.6 is 0 Å². The van der Waals surface area contributed by atoms with E-state index >= 15 is 0 Å². The van der Waals surface area contributed by atoms with Crippen LogP contribution in [0.3, 0.4) is 0 Å². The summed E-state index contributed by atoms with van der Waals surface area (Å²) in [4.78, 5) is 31.7. The van der Waals surface area contributed by atoms with E-state index in [1.54, 1.807) is 19.1 Å². The highest BCUT2D eigenvalue weighted by molar-refractivity contribution is 6.01. The summed E-state index contributed by atoms with van der Waals surface area (Å²) in [6.07, 6.45) is -0.658. The standard InChI is InChI=1S/C31H31F3N4O2/c1-20-3-4-25(17-35-20)23-5-7-24(8-6-23)30(40)37-15-12-22(13-16-37)18-38-19-27-21(2)26(9-10-28(27)36-38)29(39)11-14-31(32,33)34/h3-10,17,19,22H,11-16,18H2,1-2H3. The number of likely N-dealkylation sites (tertiary alicyclic amines) is 1. The van der Waals surface area contributed by atoms with Gasteiger partial charge in [-0.1, -0.05) is 18.2 Å². The van der Waals surface area contributed by atoms with Gasteiger partial charge in [-0.2, -0.15) is 18.3 Å². The first-order valence-corrected chi connectivity index (χ1v) is 13.5. The van der Waals surface area contributed by atoms with Gasteiger partial charge in [-0.25, -0.2) is 0 Å². The molecule has 1 amide bonds. The largest absolute Gasteiger partial charge is 0.389 e. The predicted molar refractivity (Wildman–Crippen MR) is 147 cm³/mol. The van der Waals surface area contributed by atoms with E-state index in [-0.39, 0.29) is 5.91 Å². The van der Waals surface area contributed by atoms with Crippen molar-refractivity contribution < 1.29 is 22.8 Å². The summed E-state index contributed by atoms with van der Waals surface area (Å²) in [5, 5.41) is 5.41. The molecule has 1 aliphatic heterocycles. The molecule has 1 aliphatic rings. The second kappa shape index (κ2) is 11.2. The lowest BCUT2D eigenvalue weighted by Gasteiger charge is -2.32. The number of ketones is 1. The van der Waals surface area contributed by atoms with Gasteiger partial charge < -0.3 is 4.90 Å². The van der Waals surface area contributed by atoms with Crippen molar-refractivity contribution >= 4 is 22.6 Å². The second-order valence-corrected chi connectivity index (χ2v) is 10.6. The molecular weight excluding hydrogens is 517 g/mol. The third kappa shape index (κ3) is 6.24. The van der Waals surface area contributed by atoms with E-state index in [2.05, 4.69) is 10.1 Å². The van der Waals surface area contributed by atoms with Crippen molar-refractivity contribution in [2.24, 2.45) is 5.92 Å². The summed E-state index contributed by atoms with van der Waals surface area (Å²) in [6, 6.07) is 14.9. The number of fused-ring (bicyclic) bond motifs is 1. The fourth-order valence-corrected chi connectivity index (χ4v) is 5.28. The van der Waals surface area contributed by atoms with Crippen LogP contribution in [0.1, 0.15) is 57.7 Å². The fraction of sp³-hybridized carbons (Fsp3) is 0.355. The number of carbonyl (C=O) groups excluding carboxylic acids is 2. The number of piperidine rings is 1. The summed E-state index contributed by atoms with van der Waals surface area (Å²) in [7, 11) is 0. The molecule has 0 atom stereocenters. The number of pyridine rings is 1. The normalized spacial score (nSPS) is 14.6. The molecule has 40 heavy (non-hydrogen) atoms. The Hall–Kier alpha value is -4.01. The summed E-state index contributed by atoms with van der Waals surface area (Å²) in [6.45, 7) is 5.69. The Bertz CT molecular complexity index is 1520. The number of hydrogen-bond donors (Lipinski definition) is 0. The number of alkyl halides is 3. The Morgan fingerprint density at radius 3 is 2.30 bits per heavy atom. The maximum Gasteiger partial charge on any atom is 0.389 e. The number of aryl methyl sites for hydroxylation is 2. The monoisotopic (exact) mass is 548 g/mol. The number of amides is 1. The Morgan fingerprint density at radius 2 is 1.65 bits per heavy atom. The molecule has 4 aromatic rings. The van der Waals surface area contributed by atoms with Gasteiger partial charge in [-0.05, 0) is 74.1 Å². The average molecular weight is 549 g/mol. The van der Waals surface area contributed by atoms with Gasteiger partial charge in [0.1, 0.15) is 0 Å². The zero-order valence-electron chi connectivity index (χ0n) is 22.5. The van der Waals surface area contributed by atoms with E-state index < -0.39 is 24.8 Å². The Labute approximate surface area is 230 Å². The zero-order valence-corrected chi connectivity index (χ0v) is 22.5. The van der Waals surface area contributed by atoms with Crippen LogP contribution in [-0.4, -0.2) is 50.6 Å². The average Bonchev–Trinajstić information content (AvgIpc) is 3.35. The van der Waals surface area contributed by atoms with Crippen LogP contribution in [0.5, 0.6) is 0 Å². The molecule has 0 saturated carbocycles. The van der Waals surface area contributed by atoms with E-state index in [0.717, 1.165) is 35.0 Å². The van der Waals surface area contributed by atoms with Crippen LogP contribution in [-0.2, 0) is 6.54 Å². The van der Waals surface area contributed by atoms with Crippen LogP contribution in [0.4, 0.5) is 13.2 Å². The van der Waals surface area contributed by atoms with E-state index in [1.807, 2.05) is 65.3 Å². The molecule has 0 bridgehead atoms. The zero-order chi connectivity index (χ0) is 28.4. The summed E-state index contributed by atoms with van der Waals surface area (Å²) < 4.78 is 39.5. The topological polar surface area (TPSA) is 68.1 Å². The molecule has 1 fully saturated rings. The molecule has 0 unspecified atom stereocenters. The molecule has 3 heterocycles. The molecule has 2 aromatic carbocycles. The van der Waals surface area contributed by atoms with Crippen molar-refractivity contribution in [3.05, 3.63) is 83.3 Å². The molecule has 5 rings (SSSR count). The Kier molecular flexibility index (Phi) is 7.74. The van der Waals surface area contributed by atoms with Gasteiger partial charge in [-0.3, -0.25) is 19.3 Å². The smallest absolute Gasteiger partial charge is 0.339 e. The minimum absolute atomic E-state index is 0.0233. The number of nitrogens with zero attached hydrogens (tertiary/aromatic N) is 4. The van der Waals surface area contributed by atoms with E-state index in [4.69, 9.17) is 0 Å². The lowest BCUT2D eigenvalue weighted by molar-refractivity contribution is -0.133. The van der Waals surface area contributed by atoms with Gasteiger partial charge in [0.25, 0.3) is 5.91 Å². The number of carbonyl (C=O) groups is 2. The number of rotatable bonds is 7. The van der Waals surface area contributed by atoms with Crippen molar-refractivity contribution in [1.82, 2.24) is 19.7 Å². The molecular formula is C31H31F3N4O2. The minimum Gasteiger partial charge on any atom is -0.339 e. The van der Waals surface area contributed by atoms with Gasteiger partial charge in [0.15, 0.2) is 5.78 Å². The van der Waals surface area contributed by atoms with Gasteiger partial charge in [0.2, 0.25) is 0 Å². The first kappa shape index (κ1) is 27.6. The predicted octanol–water partition coefficient (Wildman–Crippen LogP) is 6.79. The Morgan fingerprint density at radius 1 is 0.950 bits per heavy atom. The summed E-state index contributed by atoms with van der Waals surface area (Å²) in [5.41, 5.74) is 5.32. The summed E-state index contributed by atoms with van der Waals surface area (Å²) >= 11 is 0. The van der Waals surface area contributed by atoms with Crippen LogP contribution < -0.4 is 0 Å². The SMILES string of the molecule is Cc1ccc(-c2ccc(C(=O)N3CCC(Cn4cc5c(C)c(C(=O)CCC(F)(F)F)ccc5n4)CC3)cc2)cn1. The first-order chi connectivity index (χ1) is 19.1. The lowest BCUT2D eigenvalue weighted by atomic mass is 9.96. The maximum atomic E-state index is 13.1. The van der Waals surface area contributed by atoms with E-state index in [0.29, 0.717) is 47.8 Å². The lowest BCUT2D eigenvalue weighted by Crippen LogP contribution is -2.39. The van der Waals surface area contributed by atoms with Crippen molar-refractivity contribution in [2.45, 2.75) is 52.3 Å². The maximum absolute atomic E-state index is 13.1. The van der Waals surface area contributed by atoms with Crippen LogP contribution in [0.2, 0.25) is 0 Å². The van der Waals surface area contributed by atoms with Crippen LogP contribution in [0.15, 0.2) is 60.9 Å². The number of benzene rings is 2. The molecule has 2 aromatic heterocycles. The van der Waals surface area contributed by atoms with Crippen molar-refractivity contribution in [2.75, 3.05) is 13.1 Å². The highest BCUT2D eigenvalue weighted by Crippen LogP contribution is 2.28. The van der Waals surface area contributed by atoms with Gasteiger partial charge in [0, 0.05) is 66.2 Å². The third-order valence-corrected chi connectivity index (χ3v) is 7.67. The van der Waals surface area contributed by atoms with Crippen molar-refractivity contribution in [3.8, 4) is 11.1 Å². The molecule has 0 radical (unpaired) electrons. The van der Waals surface area contributed by atoms with Gasteiger partial charge in [-0.15, -0.1) is 0 Å². The van der Waals surface area contributed by atoms with Crippen molar-refractivity contribution in [3.63, 3.8) is 0 Å². The highest BCUT2D eigenvalue weighted by Gasteiger charge is 2.29. The molecule has 9 heteroatoms. The molecule has 0 spiro atoms. The van der Waals surface area contributed by atoms with Gasteiger partial charge in [0.05, 0.1) is 11.9 Å². The Balaban J connectivity index is 1.18. The number of hydrogen-bond acceptors (Lipinski definition) is 4. The van der Waals surface area contributed by atoms with Crippen molar-refractivity contribution in [1.29, 1.82) is 0 Å². The summed E-state index contributed by atoms with van der Waals surface area (Å²) in [5.74, 6) is -0.151. The molecule has 0 aliphatic carbocycles. The molecule has 0 N–H and O–H groups in total. The first-order valence-electron chi connectivity index (χ1n) is 13.5. The minimum atomic E-state index is -4.36. The molecule has 6 nitrogen and oxygen atoms in total. The molecule has 1 saturated heterocycles. The third-order valence-electron chi connectivity index (χ3n) is 7.67. The number of halogens is 3. The fourth-order valence-electron chi connectivity index (χ4n) is 5.28. The number of Topliss-reactive ketones (excluding diaryl/α,β-unsaturated/α-hetero) is 1. The number of aromatic nitrogens is 3. The van der Waals surface area contributed by atoms with E-state index in [1.165, 1.54) is 0 Å². The van der Waals surface area contributed by atoms with Crippen LogP contribution in [0, 0.1) is 19.8 Å². The highest BCUT2D eigenvalue weighted by atomic mass is 19.4. The molecule has 208 valence electrons. The van der Waals surface area contributed by atoms with Gasteiger partial charge >= 0.3 is 6.18 Å². The second-order valence-electron chi connectivity index (χ2n) is 10.6. The van der Waals surface area contributed by atoms with Crippen LogP contribution in [0.25, 0.3) is 22.0 Å².